The van der Waals surface area contributed by atoms with Crippen LogP contribution in [0, 0.1) is 0 Å². The number of nitrogens with zero attached hydrogens (tertiary/aromatic N) is 2. The number of amides is 1. The average molecular weight is 265 g/mol. The second-order valence-electron chi connectivity index (χ2n) is 4.08. The van der Waals surface area contributed by atoms with Gasteiger partial charge >= 0.3 is 5.97 Å². The molecule has 0 fully saturated rings. The average Bonchev–Trinajstić information content (AvgIpc) is 2.40. The Bertz CT molecular complexity index is 458. The Morgan fingerprint density at radius 3 is 2.58 bits per heavy atom. The summed E-state index contributed by atoms with van der Waals surface area (Å²) in [4.78, 5) is 28.8. The number of anilines is 1. The number of carbonyl (C=O) groups excluding carboxylic acids is 1. The minimum Gasteiger partial charge on any atom is -0.478 e. The zero-order valence-electron chi connectivity index (χ0n) is 11.4. The van der Waals surface area contributed by atoms with Gasteiger partial charge in [0.2, 0.25) is 5.91 Å². The summed E-state index contributed by atoms with van der Waals surface area (Å²) in [6.45, 7) is 6.74. The maximum absolute atomic E-state index is 12.1. The highest BCUT2D eigenvalue weighted by Gasteiger charge is 2.20. The fourth-order valence-electron chi connectivity index (χ4n) is 1.77. The molecule has 1 aromatic rings. The van der Waals surface area contributed by atoms with Gasteiger partial charge in [-0.2, -0.15) is 0 Å². The van der Waals surface area contributed by atoms with E-state index in [1.165, 1.54) is 12.3 Å². The molecular weight excluding hydrogens is 246 g/mol. The van der Waals surface area contributed by atoms with E-state index >= 15 is 0 Å². The molecule has 19 heavy (non-hydrogen) atoms. The highest BCUT2D eigenvalue weighted by Crippen LogP contribution is 2.13. The van der Waals surface area contributed by atoms with Crippen molar-refractivity contribution in [2.45, 2.75) is 26.8 Å². The maximum Gasteiger partial charge on any atom is 0.339 e. The second-order valence-corrected chi connectivity index (χ2v) is 4.08. The normalized spacial score (nSPS) is 11.7. The lowest BCUT2D eigenvalue weighted by molar-refractivity contribution is -0.131. The zero-order chi connectivity index (χ0) is 14.4. The van der Waals surface area contributed by atoms with E-state index in [2.05, 4.69) is 10.3 Å². The number of carbonyl (C=O) groups is 2. The number of hydrogen-bond donors (Lipinski definition) is 2. The molecule has 6 nitrogen and oxygen atoms in total. The number of pyridine rings is 1. The molecular formula is C13H19N3O3. The van der Waals surface area contributed by atoms with Crippen LogP contribution in [0.3, 0.4) is 0 Å². The number of hydrogen-bond acceptors (Lipinski definition) is 4. The smallest absolute Gasteiger partial charge is 0.339 e. The first-order valence-electron chi connectivity index (χ1n) is 6.24. The molecule has 1 rings (SSSR count). The van der Waals surface area contributed by atoms with Crippen LogP contribution < -0.4 is 5.32 Å². The van der Waals surface area contributed by atoms with Crippen LogP contribution in [-0.2, 0) is 4.79 Å². The minimum atomic E-state index is -1.07. The van der Waals surface area contributed by atoms with Crippen molar-refractivity contribution in [3.8, 4) is 0 Å². The van der Waals surface area contributed by atoms with Crippen molar-refractivity contribution >= 4 is 17.7 Å². The Balaban J connectivity index is 2.85. The molecule has 1 amide bonds. The third-order valence-corrected chi connectivity index (χ3v) is 2.84. The van der Waals surface area contributed by atoms with Gasteiger partial charge in [0.05, 0.1) is 0 Å². The quantitative estimate of drug-likeness (QED) is 0.813. The molecule has 0 bridgehead atoms. The van der Waals surface area contributed by atoms with Crippen LogP contribution in [0.15, 0.2) is 18.3 Å². The molecule has 1 unspecified atom stereocenters. The molecule has 1 atom stereocenters. The Kier molecular flexibility index (Phi) is 5.29. The maximum atomic E-state index is 12.1. The fraction of sp³-hybridized carbons (Fsp3) is 0.462. The first-order chi connectivity index (χ1) is 9.01. The van der Waals surface area contributed by atoms with Crippen LogP contribution in [-0.4, -0.2) is 46.0 Å². The van der Waals surface area contributed by atoms with Gasteiger partial charge in [-0.1, -0.05) is 0 Å². The Labute approximate surface area is 112 Å². The number of aromatic carboxylic acids is 1. The first-order valence-corrected chi connectivity index (χ1v) is 6.24. The van der Waals surface area contributed by atoms with E-state index in [9.17, 15) is 9.59 Å². The predicted octanol–water partition coefficient (Wildman–Crippen LogP) is 1.45. The predicted molar refractivity (Wildman–Crippen MR) is 72.2 cm³/mol. The van der Waals surface area contributed by atoms with Crippen molar-refractivity contribution in [1.82, 2.24) is 9.88 Å². The standard InChI is InChI=1S/C13H19N3O3/c1-4-16(5-2)12(17)9(3)15-11-10(13(18)19)7-6-8-14-11/h6-9H,4-5H2,1-3H3,(H,14,15)(H,18,19). The van der Waals surface area contributed by atoms with Crippen molar-refractivity contribution in [1.29, 1.82) is 0 Å². The summed E-state index contributed by atoms with van der Waals surface area (Å²) in [7, 11) is 0. The van der Waals surface area contributed by atoms with E-state index in [0.29, 0.717) is 13.1 Å². The summed E-state index contributed by atoms with van der Waals surface area (Å²) in [6, 6.07) is 2.48. The number of nitrogens with one attached hydrogen (secondary N) is 1. The minimum absolute atomic E-state index is 0.0571. The summed E-state index contributed by atoms with van der Waals surface area (Å²) < 4.78 is 0. The van der Waals surface area contributed by atoms with Crippen LogP contribution in [0.25, 0.3) is 0 Å². The fourth-order valence-corrected chi connectivity index (χ4v) is 1.77. The SMILES string of the molecule is CCN(CC)C(=O)C(C)Nc1ncccc1C(=O)O. The van der Waals surface area contributed by atoms with E-state index in [-0.39, 0.29) is 17.3 Å². The van der Waals surface area contributed by atoms with Gasteiger partial charge in [-0.25, -0.2) is 9.78 Å². The van der Waals surface area contributed by atoms with E-state index in [1.807, 2.05) is 13.8 Å². The number of rotatable bonds is 6. The Morgan fingerprint density at radius 1 is 1.42 bits per heavy atom. The highest BCUT2D eigenvalue weighted by atomic mass is 16.4. The lowest BCUT2D eigenvalue weighted by Crippen LogP contribution is -2.41. The molecule has 2 N–H and O–H groups in total. The van der Waals surface area contributed by atoms with Gasteiger partial charge in [0.1, 0.15) is 17.4 Å². The number of carboxylic acids is 1. The summed E-state index contributed by atoms with van der Waals surface area (Å²) in [6.07, 6.45) is 1.49. The van der Waals surface area contributed by atoms with Gasteiger partial charge in [0.15, 0.2) is 0 Å². The van der Waals surface area contributed by atoms with Crippen molar-refractivity contribution in [3.05, 3.63) is 23.9 Å². The zero-order valence-corrected chi connectivity index (χ0v) is 11.4. The van der Waals surface area contributed by atoms with Crippen LogP contribution in [0.2, 0.25) is 0 Å². The molecule has 0 aliphatic heterocycles. The highest BCUT2D eigenvalue weighted by molar-refractivity contribution is 5.94. The van der Waals surface area contributed by atoms with E-state index in [4.69, 9.17) is 5.11 Å². The molecule has 6 heteroatoms. The van der Waals surface area contributed by atoms with Gasteiger partial charge in [0.25, 0.3) is 0 Å². The topological polar surface area (TPSA) is 82.5 Å². The summed E-state index contributed by atoms with van der Waals surface area (Å²) in [5.41, 5.74) is 0.0571. The summed E-state index contributed by atoms with van der Waals surface area (Å²) >= 11 is 0. The van der Waals surface area contributed by atoms with E-state index < -0.39 is 12.0 Å². The largest absolute Gasteiger partial charge is 0.478 e. The first kappa shape index (κ1) is 14.9. The summed E-state index contributed by atoms with van der Waals surface area (Å²) in [5.74, 6) is -0.937. The Morgan fingerprint density at radius 2 is 2.05 bits per heavy atom. The molecule has 0 aliphatic rings. The lowest BCUT2D eigenvalue weighted by atomic mass is 10.2. The van der Waals surface area contributed by atoms with Gasteiger partial charge in [0, 0.05) is 19.3 Å². The molecule has 0 aromatic carbocycles. The van der Waals surface area contributed by atoms with Crippen molar-refractivity contribution in [2.75, 3.05) is 18.4 Å². The van der Waals surface area contributed by atoms with E-state index in [1.54, 1.807) is 17.9 Å². The number of likely N-dealkylation sites (N-methyl/N-ethyl adjacent to an activating group) is 1. The Hall–Kier alpha value is -2.11. The van der Waals surface area contributed by atoms with Crippen LogP contribution in [0.1, 0.15) is 31.1 Å². The van der Waals surface area contributed by atoms with Crippen LogP contribution in [0.5, 0.6) is 0 Å². The molecule has 0 aliphatic carbocycles. The van der Waals surface area contributed by atoms with Gasteiger partial charge < -0.3 is 15.3 Å². The molecule has 1 heterocycles. The van der Waals surface area contributed by atoms with Crippen LogP contribution >= 0.6 is 0 Å². The van der Waals surface area contributed by atoms with Crippen LogP contribution in [0.4, 0.5) is 5.82 Å². The summed E-state index contributed by atoms with van der Waals surface area (Å²) in [5, 5.41) is 11.9. The molecule has 0 spiro atoms. The second kappa shape index (κ2) is 6.72. The molecule has 0 radical (unpaired) electrons. The number of aromatic nitrogens is 1. The lowest BCUT2D eigenvalue weighted by Gasteiger charge is -2.24. The van der Waals surface area contributed by atoms with Crippen molar-refractivity contribution in [2.24, 2.45) is 0 Å². The third kappa shape index (κ3) is 3.67. The number of carboxylic acid groups (broad SMARTS) is 1. The van der Waals surface area contributed by atoms with Gasteiger partial charge in [-0.3, -0.25) is 4.79 Å². The third-order valence-electron chi connectivity index (χ3n) is 2.84. The monoisotopic (exact) mass is 265 g/mol. The van der Waals surface area contributed by atoms with Gasteiger partial charge in [-0.05, 0) is 32.9 Å². The van der Waals surface area contributed by atoms with Crippen molar-refractivity contribution in [3.63, 3.8) is 0 Å². The molecule has 0 saturated heterocycles. The van der Waals surface area contributed by atoms with Crippen molar-refractivity contribution < 1.29 is 14.7 Å². The molecule has 1 aromatic heterocycles. The molecule has 104 valence electrons. The molecule has 0 saturated carbocycles. The van der Waals surface area contributed by atoms with E-state index in [0.717, 1.165) is 0 Å². The van der Waals surface area contributed by atoms with Gasteiger partial charge in [-0.15, -0.1) is 0 Å².